The molecule has 1 atom stereocenters. The normalized spacial score (nSPS) is 19.5. The van der Waals surface area contributed by atoms with Gasteiger partial charge in [0, 0.05) is 19.7 Å². The van der Waals surface area contributed by atoms with Crippen LogP contribution in [0.4, 0.5) is 5.82 Å². The van der Waals surface area contributed by atoms with Gasteiger partial charge in [0.15, 0.2) is 0 Å². The number of hydrogen-bond acceptors (Lipinski definition) is 6. The van der Waals surface area contributed by atoms with Crippen molar-refractivity contribution < 1.29 is 4.52 Å². The molecule has 0 bridgehead atoms. The van der Waals surface area contributed by atoms with Gasteiger partial charge in [-0.05, 0) is 51.6 Å². The second-order valence-corrected chi connectivity index (χ2v) is 6.35. The summed E-state index contributed by atoms with van der Waals surface area (Å²) in [5.41, 5.74) is 2.13. The molecule has 6 nitrogen and oxygen atoms in total. The Labute approximate surface area is 137 Å². The second kappa shape index (κ2) is 7.55. The molecule has 23 heavy (non-hydrogen) atoms. The van der Waals surface area contributed by atoms with E-state index in [1.54, 1.807) is 0 Å². The van der Waals surface area contributed by atoms with E-state index in [1.165, 1.54) is 19.3 Å². The van der Waals surface area contributed by atoms with Crippen LogP contribution in [-0.2, 0) is 13.0 Å². The molecule has 0 radical (unpaired) electrons. The molecular formula is C17H25N5O. The quantitative estimate of drug-likeness (QED) is 0.915. The number of nitrogens with one attached hydrogen (secondary N) is 1. The smallest absolute Gasteiger partial charge is 0.144 e. The largest absolute Gasteiger partial charge is 0.372 e. The Balaban J connectivity index is 1.51. The Morgan fingerprint density at radius 1 is 1.22 bits per heavy atom. The molecule has 1 unspecified atom stereocenters. The van der Waals surface area contributed by atoms with Gasteiger partial charge in [-0.25, -0.2) is 4.98 Å². The van der Waals surface area contributed by atoms with Gasteiger partial charge < -0.3 is 9.84 Å². The molecule has 1 fully saturated rings. The Kier molecular flexibility index (Phi) is 5.23. The number of aryl methyl sites for hydroxylation is 1. The molecule has 0 saturated carbocycles. The van der Waals surface area contributed by atoms with Crippen molar-refractivity contribution in [2.45, 2.75) is 39.2 Å². The van der Waals surface area contributed by atoms with E-state index in [2.05, 4.69) is 25.3 Å². The van der Waals surface area contributed by atoms with E-state index in [0.717, 1.165) is 49.0 Å². The van der Waals surface area contributed by atoms with Crippen LogP contribution in [0.1, 0.15) is 36.4 Å². The van der Waals surface area contributed by atoms with Gasteiger partial charge in [0.25, 0.3) is 0 Å². The number of nitrogens with zero attached hydrogens (tertiary/aromatic N) is 4. The summed E-state index contributed by atoms with van der Waals surface area (Å²) in [5, 5.41) is 7.11. The zero-order chi connectivity index (χ0) is 16.1. The zero-order valence-corrected chi connectivity index (χ0v) is 14.0. The van der Waals surface area contributed by atoms with Crippen LogP contribution in [0.5, 0.6) is 0 Å². The van der Waals surface area contributed by atoms with Crippen molar-refractivity contribution in [1.82, 2.24) is 20.0 Å². The Bertz CT molecular complexity index is 610. The maximum absolute atomic E-state index is 5.16. The molecule has 1 saturated heterocycles. The zero-order valence-electron chi connectivity index (χ0n) is 14.0. The first-order valence-electron chi connectivity index (χ1n) is 8.36. The Morgan fingerprint density at radius 3 is 2.83 bits per heavy atom. The number of anilines is 1. The standard InChI is InChI=1S/C17H25N5O/c1-13-8-16(21-23-13)12-22-6-3-4-14(5-7-22)9-15-10-20-17(18-2)11-19-15/h8,10-11,14H,3-7,9,12H2,1-2H3,(H,18,20). The third-order valence-corrected chi connectivity index (χ3v) is 4.46. The minimum Gasteiger partial charge on any atom is -0.372 e. The fraction of sp³-hybridized carbons (Fsp3) is 0.588. The predicted molar refractivity (Wildman–Crippen MR) is 89.1 cm³/mol. The molecule has 1 aliphatic heterocycles. The first-order valence-corrected chi connectivity index (χ1v) is 8.36. The fourth-order valence-corrected chi connectivity index (χ4v) is 3.19. The van der Waals surface area contributed by atoms with Crippen molar-refractivity contribution in [1.29, 1.82) is 0 Å². The SMILES string of the molecule is CNc1cnc(CC2CCCN(Cc3cc(C)on3)CC2)cn1. The second-order valence-electron chi connectivity index (χ2n) is 6.35. The molecule has 0 amide bonds. The van der Waals surface area contributed by atoms with E-state index in [9.17, 15) is 0 Å². The fourth-order valence-electron chi connectivity index (χ4n) is 3.19. The van der Waals surface area contributed by atoms with Gasteiger partial charge in [-0.15, -0.1) is 0 Å². The summed E-state index contributed by atoms with van der Waals surface area (Å²) in [6.45, 7) is 5.07. The van der Waals surface area contributed by atoms with E-state index < -0.39 is 0 Å². The molecular weight excluding hydrogens is 290 g/mol. The lowest BCUT2D eigenvalue weighted by Crippen LogP contribution is -2.24. The van der Waals surface area contributed by atoms with Crippen LogP contribution in [0.25, 0.3) is 0 Å². The number of hydrogen-bond donors (Lipinski definition) is 1. The minimum atomic E-state index is 0.689. The summed E-state index contributed by atoms with van der Waals surface area (Å²) in [7, 11) is 1.86. The minimum absolute atomic E-state index is 0.689. The summed E-state index contributed by atoms with van der Waals surface area (Å²) in [6, 6.07) is 2.03. The van der Waals surface area contributed by atoms with Crippen molar-refractivity contribution in [2.75, 3.05) is 25.5 Å². The molecule has 3 heterocycles. The molecule has 0 aromatic carbocycles. The van der Waals surface area contributed by atoms with Crippen LogP contribution in [0.2, 0.25) is 0 Å². The van der Waals surface area contributed by atoms with Crippen LogP contribution in [-0.4, -0.2) is 40.2 Å². The summed E-state index contributed by atoms with van der Waals surface area (Å²) in [5.74, 6) is 2.40. The van der Waals surface area contributed by atoms with Gasteiger partial charge >= 0.3 is 0 Å². The Morgan fingerprint density at radius 2 is 2.13 bits per heavy atom. The summed E-state index contributed by atoms with van der Waals surface area (Å²) in [4.78, 5) is 11.3. The van der Waals surface area contributed by atoms with Crippen molar-refractivity contribution in [3.63, 3.8) is 0 Å². The molecule has 3 rings (SSSR count). The maximum atomic E-state index is 5.16. The van der Waals surface area contributed by atoms with Gasteiger partial charge in [0.05, 0.1) is 23.8 Å². The van der Waals surface area contributed by atoms with Crippen LogP contribution < -0.4 is 5.32 Å². The topological polar surface area (TPSA) is 67.1 Å². The molecule has 1 aliphatic rings. The molecule has 0 aliphatic carbocycles. The molecule has 1 N–H and O–H groups in total. The monoisotopic (exact) mass is 315 g/mol. The summed E-state index contributed by atoms with van der Waals surface area (Å²) >= 11 is 0. The van der Waals surface area contributed by atoms with Gasteiger partial charge in [-0.3, -0.25) is 9.88 Å². The maximum Gasteiger partial charge on any atom is 0.144 e. The van der Waals surface area contributed by atoms with Gasteiger partial charge in [0.2, 0.25) is 0 Å². The van der Waals surface area contributed by atoms with E-state index in [0.29, 0.717) is 5.92 Å². The first-order chi connectivity index (χ1) is 11.2. The lowest BCUT2D eigenvalue weighted by Gasteiger charge is -2.18. The average molecular weight is 315 g/mol. The van der Waals surface area contributed by atoms with Gasteiger partial charge in [-0.2, -0.15) is 0 Å². The molecule has 124 valence electrons. The number of likely N-dealkylation sites (tertiary alicyclic amines) is 1. The van der Waals surface area contributed by atoms with Crippen LogP contribution in [0.15, 0.2) is 23.0 Å². The highest BCUT2D eigenvalue weighted by atomic mass is 16.5. The average Bonchev–Trinajstić information content (AvgIpc) is 2.84. The number of rotatable bonds is 5. The Hall–Kier alpha value is -1.95. The van der Waals surface area contributed by atoms with E-state index in [-0.39, 0.29) is 0 Å². The lowest BCUT2D eigenvalue weighted by molar-refractivity contribution is 0.262. The highest BCUT2D eigenvalue weighted by molar-refractivity contribution is 5.29. The van der Waals surface area contributed by atoms with Gasteiger partial charge in [0.1, 0.15) is 11.6 Å². The number of aromatic nitrogens is 3. The van der Waals surface area contributed by atoms with E-state index in [4.69, 9.17) is 4.52 Å². The van der Waals surface area contributed by atoms with Crippen molar-refractivity contribution >= 4 is 5.82 Å². The van der Waals surface area contributed by atoms with Crippen LogP contribution in [0, 0.1) is 12.8 Å². The molecule has 2 aromatic rings. The van der Waals surface area contributed by atoms with Crippen LogP contribution in [0.3, 0.4) is 0 Å². The van der Waals surface area contributed by atoms with Crippen molar-refractivity contribution in [3.05, 3.63) is 35.6 Å². The van der Waals surface area contributed by atoms with Gasteiger partial charge in [-0.1, -0.05) is 5.16 Å². The lowest BCUT2D eigenvalue weighted by atomic mass is 9.95. The van der Waals surface area contributed by atoms with Crippen LogP contribution >= 0.6 is 0 Å². The van der Waals surface area contributed by atoms with E-state index >= 15 is 0 Å². The molecule has 6 heteroatoms. The molecule has 0 spiro atoms. The third-order valence-electron chi connectivity index (χ3n) is 4.46. The summed E-state index contributed by atoms with van der Waals surface area (Å²) in [6.07, 6.45) is 8.41. The van der Waals surface area contributed by atoms with E-state index in [1.807, 2.05) is 32.4 Å². The first kappa shape index (κ1) is 15.9. The van der Waals surface area contributed by atoms with Crippen molar-refractivity contribution in [3.8, 4) is 0 Å². The highest BCUT2D eigenvalue weighted by Crippen LogP contribution is 2.22. The highest BCUT2D eigenvalue weighted by Gasteiger charge is 2.19. The molecule has 2 aromatic heterocycles. The summed E-state index contributed by atoms with van der Waals surface area (Å²) < 4.78 is 5.16. The third kappa shape index (κ3) is 4.51. The van der Waals surface area contributed by atoms with Crippen molar-refractivity contribution in [2.24, 2.45) is 5.92 Å². The predicted octanol–water partition coefficient (Wildman–Crippen LogP) is 2.66.